The summed E-state index contributed by atoms with van der Waals surface area (Å²) in [6, 6.07) is 20.5. The minimum Gasteiger partial charge on any atom is -0.390 e. The highest BCUT2D eigenvalue weighted by Crippen LogP contribution is 2.44. The monoisotopic (exact) mass is 522 g/mol. The van der Waals surface area contributed by atoms with Crippen molar-refractivity contribution in [1.82, 2.24) is 0 Å². The molecule has 206 valence electrons. The zero-order chi connectivity index (χ0) is 26.4. The minimum atomic E-state index is -0.574. The zero-order valence-corrected chi connectivity index (χ0v) is 22.5. The second-order valence-corrected chi connectivity index (χ2v) is 11.1. The molecule has 5 rings (SSSR count). The van der Waals surface area contributed by atoms with Crippen molar-refractivity contribution in [3.8, 4) is 0 Å². The molecule has 2 aromatic carbocycles. The molecule has 6 nitrogen and oxygen atoms in total. The van der Waals surface area contributed by atoms with Crippen LogP contribution < -0.4 is 0 Å². The van der Waals surface area contributed by atoms with Crippen molar-refractivity contribution in [2.24, 2.45) is 0 Å². The van der Waals surface area contributed by atoms with Crippen LogP contribution in [0.4, 0.5) is 0 Å². The molecule has 3 aliphatic heterocycles. The Hall–Kier alpha value is -2.06. The molecule has 0 amide bonds. The van der Waals surface area contributed by atoms with Crippen molar-refractivity contribution in [2.45, 2.75) is 107 Å². The first-order valence-corrected chi connectivity index (χ1v) is 14.1. The van der Waals surface area contributed by atoms with Crippen molar-refractivity contribution < 1.29 is 28.8 Å². The van der Waals surface area contributed by atoms with Crippen LogP contribution in [0.3, 0.4) is 0 Å². The van der Waals surface area contributed by atoms with E-state index in [0.29, 0.717) is 32.7 Å². The molecule has 3 aliphatic rings. The van der Waals surface area contributed by atoms with Gasteiger partial charge in [-0.3, -0.25) is 0 Å². The number of ether oxygens (including phenoxy) is 5. The van der Waals surface area contributed by atoms with Gasteiger partial charge in [0, 0.05) is 19.4 Å². The predicted octanol–water partition coefficient (Wildman–Crippen LogP) is 5.37. The van der Waals surface area contributed by atoms with Gasteiger partial charge in [-0.15, -0.1) is 6.58 Å². The molecule has 0 saturated carbocycles. The number of aliphatic hydroxyl groups is 1. The fourth-order valence-corrected chi connectivity index (χ4v) is 6.02. The summed E-state index contributed by atoms with van der Waals surface area (Å²) >= 11 is 0. The summed E-state index contributed by atoms with van der Waals surface area (Å²) in [4.78, 5) is 0. The number of hydrogen-bond acceptors (Lipinski definition) is 6. The second-order valence-electron chi connectivity index (χ2n) is 11.1. The van der Waals surface area contributed by atoms with Gasteiger partial charge >= 0.3 is 0 Å². The molecule has 3 saturated heterocycles. The van der Waals surface area contributed by atoms with Gasteiger partial charge in [-0.1, -0.05) is 66.7 Å². The summed E-state index contributed by atoms with van der Waals surface area (Å²) in [6.45, 7) is 7.84. The van der Waals surface area contributed by atoms with Crippen molar-refractivity contribution in [2.75, 3.05) is 6.61 Å². The van der Waals surface area contributed by atoms with Crippen molar-refractivity contribution >= 4 is 0 Å². The Morgan fingerprint density at radius 3 is 2.42 bits per heavy atom. The molecule has 8 atom stereocenters. The second kappa shape index (κ2) is 12.9. The van der Waals surface area contributed by atoms with Crippen LogP contribution in [0.15, 0.2) is 73.3 Å². The maximum Gasteiger partial charge on any atom is 0.111 e. The van der Waals surface area contributed by atoms with Crippen LogP contribution in [0.25, 0.3) is 0 Å². The molecule has 2 aromatic rings. The van der Waals surface area contributed by atoms with Gasteiger partial charge in [0.25, 0.3) is 0 Å². The van der Waals surface area contributed by atoms with E-state index in [-0.39, 0.29) is 30.5 Å². The lowest BCUT2D eigenvalue weighted by atomic mass is 9.81. The van der Waals surface area contributed by atoms with Crippen LogP contribution in [0.2, 0.25) is 0 Å². The van der Waals surface area contributed by atoms with Gasteiger partial charge in [-0.05, 0) is 43.7 Å². The molecular weight excluding hydrogens is 480 g/mol. The van der Waals surface area contributed by atoms with Crippen LogP contribution >= 0.6 is 0 Å². The van der Waals surface area contributed by atoms with E-state index in [1.807, 2.05) is 36.4 Å². The Morgan fingerprint density at radius 1 is 1.00 bits per heavy atom. The number of aliphatic hydroxyl groups excluding tert-OH is 1. The summed E-state index contributed by atoms with van der Waals surface area (Å²) in [5.41, 5.74) is 1.83. The third-order valence-electron chi connectivity index (χ3n) is 8.23. The molecule has 0 radical (unpaired) electrons. The van der Waals surface area contributed by atoms with Gasteiger partial charge in [0.1, 0.15) is 12.2 Å². The Labute approximate surface area is 226 Å². The maximum atomic E-state index is 10.6. The van der Waals surface area contributed by atoms with Crippen LogP contribution in [0.5, 0.6) is 0 Å². The van der Waals surface area contributed by atoms with Gasteiger partial charge in [0.05, 0.1) is 49.3 Å². The SMILES string of the molecule is C=C[C@H]1O[C@H]2C[C@H]3O[C@H](CCCOCc4ccccc4)C[C@H](OCc4ccccc4)[C@@H]3O[C@]2(C)CC[C@@H]1O. The molecule has 1 N–H and O–H groups in total. The molecule has 6 heteroatoms. The third-order valence-corrected chi connectivity index (χ3v) is 8.23. The van der Waals surface area contributed by atoms with Crippen molar-refractivity contribution in [3.05, 3.63) is 84.4 Å². The first-order valence-electron chi connectivity index (χ1n) is 14.1. The summed E-state index contributed by atoms with van der Waals surface area (Å²) in [6.07, 6.45) is 4.90. The first kappa shape index (κ1) is 27.5. The standard InChI is InChI=1S/C32H42O6/c1-3-27-26(33)16-17-32(2)30(37-27)20-29-31(38-32)28(35-22-24-13-8-5-9-14-24)19-25(36-29)15-10-18-34-21-23-11-6-4-7-12-23/h3-9,11-14,25-31,33H,1,10,15-22H2,2H3/t25-,26+,27-,28+,29-,30+,31+,32-/m1/s1. The normalized spacial score (nSPS) is 35.1. The van der Waals surface area contributed by atoms with E-state index in [9.17, 15) is 5.11 Å². The lowest BCUT2D eigenvalue weighted by molar-refractivity contribution is -0.296. The lowest BCUT2D eigenvalue weighted by Gasteiger charge is -2.52. The van der Waals surface area contributed by atoms with Gasteiger partial charge in [0.2, 0.25) is 0 Å². The average Bonchev–Trinajstić information content (AvgIpc) is 3.07. The van der Waals surface area contributed by atoms with Crippen molar-refractivity contribution in [1.29, 1.82) is 0 Å². The minimum absolute atomic E-state index is 0.0666. The van der Waals surface area contributed by atoms with E-state index >= 15 is 0 Å². The molecule has 3 heterocycles. The van der Waals surface area contributed by atoms with Crippen LogP contribution in [0.1, 0.15) is 56.6 Å². The molecule has 0 spiro atoms. The topological polar surface area (TPSA) is 66.4 Å². The Balaban J connectivity index is 1.23. The third kappa shape index (κ3) is 6.74. The van der Waals surface area contributed by atoms with E-state index < -0.39 is 17.8 Å². The number of hydrogen-bond donors (Lipinski definition) is 1. The summed E-state index contributed by atoms with van der Waals surface area (Å²) in [7, 11) is 0. The van der Waals surface area contributed by atoms with E-state index in [2.05, 4.69) is 37.8 Å². The molecule has 0 bridgehead atoms. The van der Waals surface area contributed by atoms with Crippen LogP contribution in [-0.2, 0) is 36.9 Å². The summed E-state index contributed by atoms with van der Waals surface area (Å²) in [5, 5.41) is 10.6. The Bertz CT molecular complexity index is 1000. The summed E-state index contributed by atoms with van der Waals surface area (Å²) in [5.74, 6) is 0. The fourth-order valence-electron chi connectivity index (χ4n) is 6.02. The fraction of sp³-hybridized carbons (Fsp3) is 0.562. The average molecular weight is 523 g/mol. The van der Waals surface area contributed by atoms with Gasteiger partial charge in [-0.2, -0.15) is 0 Å². The van der Waals surface area contributed by atoms with Crippen molar-refractivity contribution in [3.63, 3.8) is 0 Å². The van der Waals surface area contributed by atoms with Crippen LogP contribution in [0, 0.1) is 0 Å². The predicted molar refractivity (Wildman–Crippen MR) is 146 cm³/mol. The zero-order valence-electron chi connectivity index (χ0n) is 22.5. The van der Waals surface area contributed by atoms with Gasteiger partial charge < -0.3 is 28.8 Å². The molecule has 0 aromatic heterocycles. The Morgan fingerprint density at radius 2 is 1.71 bits per heavy atom. The molecular formula is C32H42O6. The highest BCUT2D eigenvalue weighted by atomic mass is 16.6. The number of rotatable bonds is 10. The highest BCUT2D eigenvalue weighted by molar-refractivity contribution is 5.14. The molecule has 3 fully saturated rings. The highest BCUT2D eigenvalue weighted by Gasteiger charge is 2.54. The quantitative estimate of drug-likeness (QED) is 0.334. The Kier molecular flexibility index (Phi) is 9.31. The smallest absolute Gasteiger partial charge is 0.111 e. The largest absolute Gasteiger partial charge is 0.390 e. The molecule has 0 aliphatic carbocycles. The van der Waals surface area contributed by atoms with Gasteiger partial charge in [0.15, 0.2) is 0 Å². The van der Waals surface area contributed by atoms with Gasteiger partial charge in [-0.25, -0.2) is 0 Å². The molecule has 38 heavy (non-hydrogen) atoms. The van der Waals surface area contributed by atoms with E-state index in [1.165, 1.54) is 5.56 Å². The first-order chi connectivity index (χ1) is 18.5. The number of benzene rings is 2. The molecule has 0 unspecified atom stereocenters. The van der Waals surface area contributed by atoms with E-state index in [4.69, 9.17) is 23.7 Å². The van der Waals surface area contributed by atoms with Crippen LogP contribution in [-0.4, -0.2) is 60.0 Å². The number of fused-ring (bicyclic) bond motifs is 2. The van der Waals surface area contributed by atoms with E-state index in [1.54, 1.807) is 6.08 Å². The lowest BCUT2D eigenvalue weighted by Crippen LogP contribution is -2.62. The summed E-state index contributed by atoms with van der Waals surface area (Å²) < 4.78 is 32.2. The maximum absolute atomic E-state index is 10.6. The van der Waals surface area contributed by atoms with E-state index in [0.717, 1.165) is 31.2 Å².